The highest BCUT2D eigenvalue weighted by Gasteiger charge is 2.94. The molecule has 0 saturated carbocycles. The van der Waals surface area contributed by atoms with Gasteiger partial charge in [-0.3, -0.25) is 9.54 Å². The van der Waals surface area contributed by atoms with E-state index in [2.05, 4.69) is 4.98 Å². The molecule has 1 rings (SSSR count). The zero-order valence-corrected chi connectivity index (χ0v) is 15.9. The lowest BCUT2D eigenvalue weighted by molar-refractivity contribution is -0.441. The van der Waals surface area contributed by atoms with E-state index in [0.717, 1.165) is 0 Å². The SMILES string of the molecule is O=S(=O)(O)C(F)(F)C(F)(F)C(F)(F)C(F)(F)C(F)(F)C(F)(F)C(F)(F)C(F)F.c1ccncc1. The number of nitrogens with zero attached hydrogens (tertiary/aromatic N) is 1. The van der Waals surface area contributed by atoms with Crippen LogP contribution >= 0.6 is 0 Å². The number of hydrogen-bond donors (Lipinski definition) is 1. The van der Waals surface area contributed by atoms with E-state index in [0.29, 0.717) is 0 Å². The number of aromatic nitrogens is 1. The first-order valence-corrected chi connectivity index (χ1v) is 8.88. The summed E-state index contributed by atoms with van der Waals surface area (Å²) in [5, 5.41) is -7.76. The Labute approximate surface area is 177 Å². The van der Waals surface area contributed by atoms with Crippen LogP contribution in [0.5, 0.6) is 0 Å². The summed E-state index contributed by atoms with van der Waals surface area (Å²) >= 11 is 0. The summed E-state index contributed by atoms with van der Waals surface area (Å²) in [6, 6.07) is 5.72. The van der Waals surface area contributed by atoms with Crippen molar-refractivity contribution in [2.45, 2.75) is 47.2 Å². The van der Waals surface area contributed by atoms with E-state index < -0.39 is 57.3 Å². The van der Waals surface area contributed by atoms with Crippen LogP contribution < -0.4 is 0 Å². The minimum atomic E-state index is -8.71. The van der Waals surface area contributed by atoms with Gasteiger partial charge in [-0.15, -0.1) is 0 Å². The van der Waals surface area contributed by atoms with Gasteiger partial charge in [-0.2, -0.15) is 69.9 Å². The van der Waals surface area contributed by atoms with Crippen molar-refractivity contribution in [3.63, 3.8) is 0 Å². The van der Waals surface area contributed by atoms with Gasteiger partial charge in [0.2, 0.25) is 0 Å². The third kappa shape index (κ3) is 4.71. The maximum Gasteiger partial charge on any atom is 0.438 e. The Morgan fingerprint density at radius 2 is 0.912 bits per heavy atom. The van der Waals surface area contributed by atoms with Crippen molar-refractivity contribution in [1.82, 2.24) is 4.98 Å². The predicted molar refractivity (Wildman–Crippen MR) is 76.4 cm³/mol. The van der Waals surface area contributed by atoms with Gasteiger partial charge in [-0.1, -0.05) is 6.07 Å². The van der Waals surface area contributed by atoms with Gasteiger partial charge >= 0.3 is 57.3 Å². The molecule has 4 nitrogen and oxygen atoms in total. The van der Waals surface area contributed by atoms with Crippen molar-refractivity contribution in [2.75, 3.05) is 0 Å². The highest BCUT2D eigenvalue weighted by molar-refractivity contribution is 7.87. The second-order valence-electron chi connectivity index (χ2n) is 5.81. The van der Waals surface area contributed by atoms with E-state index in [1.807, 2.05) is 18.2 Å². The molecule has 0 atom stereocenters. The second-order valence-corrected chi connectivity index (χ2v) is 7.27. The van der Waals surface area contributed by atoms with Crippen molar-refractivity contribution in [3.05, 3.63) is 30.6 Å². The lowest BCUT2D eigenvalue weighted by Gasteiger charge is -2.41. The van der Waals surface area contributed by atoms with E-state index in [9.17, 15) is 78.7 Å². The molecule has 0 aliphatic heterocycles. The fourth-order valence-electron chi connectivity index (χ4n) is 1.60. The van der Waals surface area contributed by atoms with Crippen molar-refractivity contribution in [2.24, 2.45) is 0 Å². The van der Waals surface area contributed by atoms with E-state index >= 15 is 0 Å². The molecule has 1 N–H and O–H groups in total. The van der Waals surface area contributed by atoms with Crippen LogP contribution in [0.2, 0.25) is 0 Å². The number of halogens is 16. The molecule has 0 fully saturated rings. The molecule has 1 heterocycles. The Hall–Kier alpha value is -2.06. The molecule has 1 aromatic heterocycles. The lowest BCUT2D eigenvalue weighted by Crippen LogP contribution is -2.74. The van der Waals surface area contributed by atoms with E-state index in [1.54, 1.807) is 12.4 Å². The quantitative estimate of drug-likeness (QED) is 0.331. The molecule has 21 heteroatoms. The van der Waals surface area contributed by atoms with Gasteiger partial charge in [0.1, 0.15) is 0 Å². The summed E-state index contributed by atoms with van der Waals surface area (Å²) in [4.78, 5) is 3.78. The first-order valence-electron chi connectivity index (χ1n) is 7.44. The fourth-order valence-corrected chi connectivity index (χ4v) is 2.05. The fraction of sp³-hybridized carbons (Fsp3) is 0.615. The zero-order chi connectivity index (χ0) is 27.8. The lowest BCUT2D eigenvalue weighted by atomic mass is 9.91. The monoisotopic (exact) mass is 561 g/mol. The molecule has 0 amide bonds. The average molecular weight is 561 g/mol. The van der Waals surface area contributed by atoms with Gasteiger partial charge in [-0.05, 0) is 12.1 Å². The number of hydrogen-bond acceptors (Lipinski definition) is 3. The largest absolute Gasteiger partial charge is 0.438 e. The Balaban J connectivity index is 0.00000156. The van der Waals surface area contributed by atoms with Crippen LogP contribution in [0.1, 0.15) is 0 Å². The first-order chi connectivity index (χ1) is 14.7. The topological polar surface area (TPSA) is 67.3 Å². The molecule has 0 radical (unpaired) electrons. The van der Waals surface area contributed by atoms with Crippen LogP contribution in [0.15, 0.2) is 30.6 Å². The summed E-state index contributed by atoms with van der Waals surface area (Å²) in [5.74, 6) is -50.1. The summed E-state index contributed by atoms with van der Waals surface area (Å²) < 4.78 is 231. The Morgan fingerprint density at radius 1 is 0.588 bits per heavy atom. The van der Waals surface area contributed by atoms with Crippen LogP contribution in [0.25, 0.3) is 0 Å². The summed E-state index contributed by atoms with van der Waals surface area (Å²) in [7, 11) is -7.82. The molecule has 1 aromatic rings. The maximum atomic E-state index is 13.0. The van der Waals surface area contributed by atoms with Gasteiger partial charge in [-0.25, -0.2) is 8.78 Å². The zero-order valence-electron chi connectivity index (χ0n) is 15.1. The van der Waals surface area contributed by atoms with E-state index in [-0.39, 0.29) is 0 Å². The smallest absolute Gasteiger partial charge is 0.281 e. The molecule has 0 aliphatic rings. The number of rotatable bonds is 8. The van der Waals surface area contributed by atoms with Crippen LogP contribution in [-0.4, -0.2) is 65.2 Å². The third-order valence-electron chi connectivity index (χ3n) is 3.53. The van der Waals surface area contributed by atoms with Gasteiger partial charge in [0.25, 0.3) is 0 Å². The Bertz CT molecular complexity index is 893. The molecule has 0 aliphatic carbocycles. The summed E-state index contributed by atoms with van der Waals surface area (Å²) in [6.45, 7) is 0. The molecule has 0 spiro atoms. The van der Waals surface area contributed by atoms with Gasteiger partial charge in [0, 0.05) is 12.4 Å². The Kier molecular flexibility index (Phi) is 8.63. The van der Waals surface area contributed by atoms with Gasteiger partial charge in [0.15, 0.2) is 0 Å². The van der Waals surface area contributed by atoms with Crippen molar-refractivity contribution in [1.29, 1.82) is 0 Å². The van der Waals surface area contributed by atoms with Crippen LogP contribution in [0, 0.1) is 0 Å². The van der Waals surface area contributed by atoms with Crippen molar-refractivity contribution in [3.8, 4) is 0 Å². The van der Waals surface area contributed by atoms with E-state index in [4.69, 9.17) is 4.55 Å². The summed E-state index contributed by atoms with van der Waals surface area (Å²) in [5.41, 5.74) is 0. The number of pyridine rings is 1. The summed E-state index contributed by atoms with van der Waals surface area (Å²) in [6.07, 6.45) is -2.47. The van der Waals surface area contributed by atoms with Gasteiger partial charge < -0.3 is 0 Å². The molecule has 0 bridgehead atoms. The molecule has 200 valence electrons. The maximum absolute atomic E-state index is 13.0. The normalized spacial score (nSPS) is 15.1. The third-order valence-corrected chi connectivity index (χ3v) is 4.43. The predicted octanol–water partition coefficient (Wildman–Crippen LogP) is 5.63. The van der Waals surface area contributed by atoms with E-state index in [1.165, 1.54) is 0 Å². The first kappa shape index (κ1) is 31.9. The number of alkyl halides is 16. The van der Waals surface area contributed by atoms with Crippen molar-refractivity contribution >= 4 is 10.1 Å². The molecular formula is C13H7F16NO3S. The average Bonchev–Trinajstić information content (AvgIpc) is 2.67. The highest BCUT2D eigenvalue weighted by Crippen LogP contribution is 2.63. The molecular weight excluding hydrogens is 554 g/mol. The minimum Gasteiger partial charge on any atom is -0.281 e. The van der Waals surface area contributed by atoms with Crippen LogP contribution in [0.4, 0.5) is 70.2 Å². The Morgan fingerprint density at radius 3 is 1.15 bits per heavy atom. The molecule has 0 saturated heterocycles. The highest BCUT2D eigenvalue weighted by atomic mass is 32.2. The molecule has 34 heavy (non-hydrogen) atoms. The van der Waals surface area contributed by atoms with Crippen LogP contribution in [0.3, 0.4) is 0 Å². The molecule has 0 aromatic carbocycles. The van der Waals surface area contributed by atoms with Crippen LogP contribution in [-0.2, 0) is 10.1 Å². The van der Waals surface area contributed by atoms with Crippen molar-refractivity contribution < 1.29 is 83.2 Å². The molecule has 0 unspecified atom stereocenters. The second kappa shape index (κ2) is 9.19. The minimum absolute atomic E-state index is 1.75. The van der Waals surface area contributed by atoms with Gasteiger partial charge in [0.05, 0.1) is 0 Å². The standard InChI is InChI=1S/C8H2F16O3S.C5H5N/c9-1(10)2(11,12)3(13,14)4(15,16)5(17,18)6(19,20)7(21,22)8(23,24)28(25,26)27;1-2-4-6-5-3-1/h1H,(H,25,26,27);1-5H.